The summed E-state index contributed by atoms with van der Waals surface area (Å²) in [5.41, 5.74) is 1.71. The lowest BCUT2D eigenvalue weighted by molar-refractivity contribution is -0.123. The quantitative estimate of drug-likeness (QED) is 0.615. The molecule has 0 saturated carbocycles. The third-order valence-corrected chi connectivity index (χ3v) is 6.64. The second-order valence-corrected chi connectivity index (χ2v) is 9.21. The minimum atomic E-state index is -0.123. The summed E-state index contributed by atoms with van der Waals surface area (Å²) >= 11 is 1.41. The highest BCUT2D eigenvalue weighted by Crippen LogP contribution is 2.24. The highest BCUT2D eigenvalue weighted by atomic mass is 32.1. The zero-order chi connectivity index (χ0) is 23.0. The molecule has 1 atom stereocenters. The summed E-state index contributed by atoms with van der Waals surface area (Å²) in [7, 11) is 0. The number of hydrogen-bond donors (Lipinski definition) is 2. The van der Waals surface area contributed by atoms with Crippen LogP contribution in [0.5, 0.6) is 0 Å². The van der Waals surface area contributed by atoms with E-state index in [1.54, 1.807) is 6.20 Å². The predicted octanol–water partition coefficient (Wildman–Crippen LogP) is 2.15. The van der Waals surface area contributed by atoms with E-state index in [2.05, 4.69) is 27.8 Å². The van der Waals surface area contributed by atoms with Crippen LogP contribution in [0.1, 0.15) is 42.9 Å². The van der Waals surface area contributed by atoms with Gasteiger partial charge in [0.15, 0.2) is 4.96 Å². The standard InChI is InChI=1S/C24H29N5O3S/c30-21-8-7-19(18-5-2-1-3-6-18)9-11-26-22(31)17-28(12-4-10-25-21)16-20-15-23(32)29-13-14-33-24(29)27-20/h1-3,5-6,13-15,19H,4,7-12,16-17H2,(H,25,30)(H,26,31). The molecule has 2 N–H and O–H groups in total. The van der Waals surface area contributed by atoms with E-state index in [-0.39, 0.29) is 29.8 Å². The predicted molar refractivity (Wildman–Crippen MR) is 128 cm³/mol. The first-order chi connectivity index (χ1) is 16.1. The Bertz CT molecular complexity index is 1140. The first-order valence-corrected chi connectivity index (χ1v) is 12.2. The van der Waals surface area contributed by atoms with E-state index in [1.807, 2.05) is 28.5 Å². The van der Waals surface area contributed by atoms with Gasteiger partial charge in [-0.1, -0.05) is 30.3 Å². The van der Waals surface area contributed by atoms with Crippen molar-refractivity contribution in [2.45, 2.75) is 38.1 Å². The van der Waals surface area contributed by atoms with Gasteiger partial charge in [0.25, 0.3) is 5.56 Å². The van der Waals surface area contributed by atoms with Crippen LogP contribution in [-0.4, -0.2) is 52.3 Å². The highest BCUT2D eigenvalue weighted by Gasteiger charge is 2.17. The molecule has 0 spiro atoms. The van der Waals surface area contributed by atoms with Crippen molar-refractivity contribution in [2.75, 3.05) is 26.2 Å². The lowest BCUT2D eigenvalue weighted by atomic mass is 9.91. The van der Waals surface area contributed by atoms with Gasteiger partial charge in [-0.3, -0.25) is 23.7 Å². The van der Waals surface area contributed by atoms with Crippen LogP contribution in [-0.2, 0) is 16.1 Å². The Labute approximate surface area is 196 Å². The van der Waals surface area contributed by atoms with Gasteiger partial charge in [-0.05, 0) is 30.7 Å². The van der Waals surface area contributed by atoms with E-state index in [0.717, 1.165) is 12.8 Å². The van der Waals surface area contributed by atoms with Crippen LogP contribution in [0, 0.1) is 0 Å². The van der Waals surface area contributed by atoms with Gasteiger partial charge in [0, 0.05) is 50.2 Å². The number of carbonyl (C=O) groups excluding carboxylic acids is 2. The summed E-state index contributed by atoms with van der Waals surface area (Å²) in [6.45, 7) is 2.33. The second-order valence-electron chi connectivity index (χ2n) is 8.34. The average Bonchev–Trinajstić information content (AvgIpc) is 3.28. The zero-order valence-corrected chi connectivity index (χ0v) is 19.4. The van der Waals surface area contributed by atoms with Gasteiger partial charge in [-0.2, -0.15) is 0 Å². The third kappa shape index (κ3) is 6.49. The molecule has 4 rings (SSSR count). The fraction of sp³-hybridized carbons (Fsp3) is 0.417. The number of hydrogen-bond acceptors (Lipinski definition) is 6. The molecule has 1 unspecified atom stereocenters. The number of fused-ring (bicyclic) bond motifs is 1. The summed E-state index contributed by atoms with van der Waals surface area (Å²) in [6.07, 6.45) is 4.41. The molecule has 3 heterocycles. The van der Waals surface area contributed by atoms with Crippen LogP contribution >= 0.6 is 11.3 Å². The monoisotopic (exact) mass is 467 g/mol. The maximum atomic E-state index is 12.7. The van der Waals surface area contributed by atoms with Crippen molar-refractivity contribution >= 4 is 28.1 Å². The summed E-state index contributed by atoms with van der Waals surface area (Å²) in [5, 5.41) is 7.86. The number of amides is 2. The normalized spacial score (nSPS) is 19.6. The Balaban J connectivity index is 1.44. The first-order valence-electron chi connectivity index (χ1n) is 11.3. The van der Waals surface area contributed by atoms with Crippen LogP contribution in [0.2, 0.25) is 0 Å². The Morgan fingerprint density at radius 3 is 2.70 bits per heavy atom. The molecule has 1 fully saturated rings. The Hall–Kier alpha value is -3.04. The Morgan fingerprint density at radius 1 is 1.03 bits per heavy atom. The van der Waals surface area contributed by atoms with Crippen molar-refractivity contribution in [1.29, 1.82) is 0 Å². The van der Waals surface area contributed by atoms with E-state index >= 15 is 0 Å². The minimum absolute atomic E-state index is 0.0446. The molecular weight excluding hydrogens is 438 g/mol. The van der Waals surface area contributed by atoms with Crippen LogP contribution < -0.4 is 16.2 Å². The molecule has 1 saturated heterocycles. The largest absolute Gasteiger partial charge is 0.356 e. The average molecular weight is 468 g/mol. The Morgan fingerprint density at radius 2 is 1.85 bits per heavy atom. The molecule has 2 aromatic heterocycles. The van der Waals surface area contributed by atoms with Crippen molar-refractivity contribution in [2.24, 2.45) is 0 Å². The lowest BCUT2D eigenvalue weighted by Crippen LogP contribution is -2.39. The molecule has 9 heteroatoms. The number of nitrogens with one attached hydrogen (secondary N) is 2. The van der Waals surface area contributed by atoms with E-state index < -0.39 is 0 Å². The molecule has 8 nitrogen and oxygen atoms in total. The van der Waals surface area contributed by atoms with E-state index in [0.29, 0.717) is 49.7 Å². The van der Waals surface area contributed by atoms with Gasteiger partial charge in [0.2, 0.25) is 11.8 Å². The smallest absolute Gasteiger partial charge is 0.258 e. The molecule has 1 aromatic carbocycles. The second kappa shape index (κ2) is 11.2. The summed E-state index contributed by atoms with van der Waals surface area (Å²) < 4.78 is 1.52. The topological polar surface area (TPSA) is 95.8 Å². The van der Waals surface area contributed by atoms with E-state index in [4.69, 9.17) is 0 Å². The van der Waals surface area contributed by atoms with E-state index in [1.165, 1.54) is 27.4 Å². The molecule has 2 amide bonds. The van der Waals surface area contributed by atoms with Crippen molar-refractivity contribution in [3.05, 3.63) is 69.6 Å². The van der Waals surface area contributed by atoms with Crippen LogP contribution in [0.3, 0.4) is 0 Å². The molecule has 33 heavy (non-hydrogen) atoms. The van der Waals surface area contributed by atoms with Gasteiger partial charge in [-0.25, -0.2) is 4.98 Å². The number of rotatable bonds is 3. The molecule has 1 aliphatic heterocycles. The number of benzene rings is 1. The number of nitrogens with zero attached hydrogens (tertiary/aromatic N) is 3. The highest BCUT2D eigenvalue weighted by molar-refractivity contribution is 7.15. The van der Waals surface area contributed by atoms with Crippen LogP contribution in [0.4, 0.5) is 0 Å². The molecule has 174 valence electrons. The number of aromatic nitrogens is 2. The maximum absolute atomic E-state index is 12.7. The number of carbonyl (C=O) groups is 2. The van der Waals surface area contributed by atoms with Crippen molar-refractivity contribution in [1.82, 2.24) is 24.9 Å². The van der Waals surface area contributed by atoms with Gasteiger partial charge in [0.1, 0.15) is 0 Å². The zero-order valence-electron chi connectivity index (χ0n) is 18.5. The third-order valence-electron chi connectivity index (χ3n) is 5.89. The van der Waals surface area contributed by atoms with Gasteiger partial charge in [-0.15, -0.1) is 11.3 Å². The first kappa shape index (κ1) is 23.1. The van der Waals surface area contributed by atoms with Gasteiger partial charge >= 0.3 is 0 Å². The summed E-state index contributed by atoms with van der Waals surface area (Å²) in [4.78, 5) is 44.5. The molecular formula is C24H29N5O3S. The number of thiazole rings is 1. The fourth-order valence-corrected chi connectivity index (χ4v) is 4.92. The minimum Gasteiger partial charge on any atom is -0.356 e. The molecule has 1 aliphatic rings. The summed E-state index contributed by atoms with van der Waals surface area (Å²) in [6, 6.07) is 11.7. The SMILES string of the molecule is O=C1CCC(c2ccccc2)CCNC(=O)CN(Cc2cc(=O)n3ccsc3n2)CCCN1. The molecule has 0 bridgehead atoms. The lowest BCUT2D eigenvalue weighted by Gasteiger charge is -2.23. The molecule has 0 aliphatic carbocycles. The fourth-order valence-electron chi connectivity index (χ4n) is 4.18. The van der Waals surface area contributed by atoms with E-state index in [9.17, 15) is 14.4 Å². The molecule has 0 radical (unpaired) electrons. The van der Waals surface area contributed by atoms with Gasteiger partial charge in [0.05, 0.1) is 12.2 Å². The van der Waals surface area contributed by atoms with Gasteiger partial charge < -0.3 is 10.6 Å². The maximum Gasteiger partial charge on any atom is 0.258 e. The Kier molecular flexibility index (Phi) is 7.85. The van der Waals surface area contributed by atoms with Crippen LogP contribution in [0.25, 0.3) is 4.96 Å². The van der Waals surface area contributed by atoms with Crippen molar-refractivity contribution < 1.29 is 9.59 Å². The summed E-state index contributed by atoms with van der Waals surface area (Å²) in [5.74, 6) is 0.226. The van der Waals surface area contributed by atoms with Crippen molar-refractivity contribution in [3.8, 4) is 0 Å². The molecule has 3 aromatic rings. The van der Waals surface area contributed by atoms with Crippen LogP contribution in [0.15, 0.2) is 52.8 Å². The van der Waals surface area contributed by atoms with Crippen molar-refractivity contribution in [3.63, 3.8) is 0 Å².